The van der Waals surface area contributed by atoms with Gasteiger partial charge in [-0.25, -0.2) is 22.9 Å². The number of carbonyl (C=O) groups excluding carboxylic acids is 2. The largest absolute Gasteiger partial charge is 0.447 e. The summed E-state index contributed by atoms with van der Waals surface area (Å²) < 4.78 is 44.7. The van der Waals surface area contributed by atoms with Crippen molar-refractivity contribution in [3.8, 4) is 10.6 Å². The first-order valence-electron chi connectivity index (χ1n) is 11.5. The number of ether oxygens (including phenoxy) is 1. The molecule has 3 N–H and O–H groups in total. The minimum Gasteiger partial charge on any atom is -0.447 e. The number of cyclic esters (lactones) is 1. The summed E-state index contributed by atoms with van der Waals surface area (Å²) in [5, 5.41) is 3.32. The topological polar surface area (TPSA) is 97.6 Å². The Morgan fingerprint density at radius 1 is 1.27 bits per heavy atom. The van der Waals surface area contributed by atoms with Crippen LogP contribution in [0, 0.1) is 5.82 Å². The Kier molecular flexibility index (Phi) is 8.55. The molecule has 1 aromatic heterocycles. The van der Waals surface area contributed by atoms with Crippen LogP contribution in [-0.2, 0) is 11.3 Å². The number of halogens is 4. The number of thiazole rings is 1. The van der Waals surface area contributed by atoms with E-state index in [1.165, 1.54) is 12.5 Å². The summed E-state index contributed by atoms with van der Waals surface area (Å²) in [5.41, 5.74) is 6.68. The van der Waals surface area contributed by atoms with E-state index in [2.05, 4.69) is 10.3 Å². The maximum absolute atomic E-state index is 14.4. The van der Waals surface area contributed by atoms with Gasteiger partial charge in [-0.15, -0.1) is 11.3 Å². The molecule has 0 aliphatic carbocycles. The molecule has 3 aromatic rings. The predicted molar refractivity (Wildman–Crippen MR) is 135 cm³/mol. The molecule has 5 rings (SSSR count). The van der Waals surface area contributed by atoms with Crippen LogP contribution in [0.2, 0.25) is 5.02 Å². The molecule has 0 spiro atoms. The van der Waals surface area contributed by atoms with Gasteiger partial charge in [0.25, 0.3) is 12.3 Å². The van der Waals surface area contributed by atoms with Crippen molar-refractivity contribution in [1.29, 1.82) is 0 Å². The summed E-state index contributed by atoms with van der Waals surface area (Å²) in [6.45, 7) is 1.71. The third kappa shape index (κ3) is 6.53. The van der Waals surface area contributed by atoms with Crippen molar-refractivity contribution in [1.82, 2.24) is 15.2 Å². The number of fused-ring (bicyclic) bond motifs is 1. The molecular formula is C25H24ClF3N4O3S. The lowest BCUT2D eigenvalue weighted by Gasteiger charge is -2.25. The van der Waals surface area contributed by atoms with Gasteiger partial charge in [-0.2, -0.15) is 0 Å². The van der Waals surface area contributed by atoms with Crippen LogP contribution in [0.1, 0.15) is 46.5 Å². The minimum atomic E-state index is -2.67. The Morgan fingerprint density at radius 3 is 2.70 bits per heavy atom. The first kappa shape index (κ1) is 26.7. The van der Waals surface area contributed by atoms with Gasteiger partial charge in [0.1, 0.15) is 17.4 Å². The van der Waals surface area contributed by atoms with Gasteiger partial charge >= 0.3 is 6.09 Å². The molecule has 1 unspecified atom stereocenters. The molecule has 0 saturated carbocycles. The summed E-state index contributed by atoms with van der Waals surface area (Å²) in [5.74, 6) is -1.46. The number of anilines is 1. The van der Waals surface area contributed by atoms with Gasteiger partial charge in [-0.1, -0.05) is 23.7 Å². The van der Waals surface area contributed by atoms with E-state index in [1.54, 1.807) is 24.3 Å². The second kappa shape index (κ2) is 11.8. The lowest BCUT2D eigenvalue weighted by molar-refractivity contribution is 0.0946. The molecule has 2 aliphatic rings. The van der Waals surface area contributed by atoms with E-state index in [-0.39, 0.29) is 39.3 Å². The van der Waals surface area contributed by atoms with E-state index in [4.69, 9.17) is 22.1 Å². The zero-order valence-electron chi connectivity index (χ0n) is 19.6. The number of nitrogens with two attached hydrogens (primary N) is 1. The fraction of sp³-hybridized carbons (Fsp3) is 0.320. The Bertz CT molecular complexity index is 1270. The standard InChI is InChI=1S/C18H13ClF3N3OS.C7H11NO2/c19-10-3-1-9(2-4-10)7-24-17(26)11-6-14(23)12(5-13(11)20)18-25-8-15(27-18)16(21)22;9-7-8-4-2-1-3-6(8)5-10-7/h1-6,8,16H,7,23H2,(H,24,26);6H,1-5H2. The maximum Gasteiger partial charge on any atom is 0.410 e. The SMILES string of the molecule is Nc1cc(C(=O)NCc2ccc(Cl)cc2)c(F)cc1-c1ncc(C(F)F)s1.O=C1OCC2CCCCN12. The second-order valence-corrected chi connectivity index (χ2v) is 10.0. The average Bonchev–Trinajstić information content (AvgIpc) is 3.53. The molecule has 2 aromatic carbocycles. The van der Waals surface area contributed by atoms with Gasteiger partial charge in [0.2, 0.25) is 0 Å². The van der Waals surface area contributed by atoms with E-state index in [0.29, 0.717) is 17.7 Å². The highest BCUT2D eigenvalue weighted by atomic mass is 35.5. The van der Waals surface area contributed by atoms with Crippen molar-refractivity contribution in [2.45, 2.75) is 38.3 Å². The molecule has 0 bridgehead atoms. The number of alkyl halides is 2. The van der Waals surface area contributed by atoms with Gasteiger partial charge in [0, 0.05) is 35.6 Å². The van der Waals surface area contributed by atoms with Gasteiger partial charge < -0.3 is 20.7 Å². The number of nitrogens with one attached hydrogen (secondary N) is 1. The highest BCUT2D eigenvalue weighted by Gasteiger charge is 2.34. The number of carbonyl (C=O) groups is 2. The second-order valence-electron chi connectivity index (χ2n) is 8.52. The van der Waals surface area contributed by atoms with E-state index in [9.17, 15) is 22.8 Å². The van der Waals surface area contributed by atoms with Crippen molar-refractivity contribution in [2.75, 3.05) is 18.9 Å². The molecule has 2 amide bonds. The number of nitrogens with zero attached hydrogens (tertiary/aromatic N) is 2. The van der Waals surface area contributed by atoms with Gasteiger partial charge in [-0.05, 0) is 49.1 Å². The fourth-order valence-electron chi connectivity index (χ4n) is 4.01. The zero-order valence-corrected chi connectivity index (χ0v) is 21.1. The molecule has 3 heterocycles. The molecule has 37 heavy (non-hydrogen) atoms. The van der Waals surface area contributed by atoms with Gasteiger partial charge in [-0.3, -0.25) is 4.79 Å². The highest BCUT2D eigenvalue weighted by molar-refractivity contribution is 7.15. The Labute approximate surface area is 220 Å². The normalized spacial score (nSPS) is 16.6. The van der Waals surface area contributed by atoms with Gasteiger partial charge in [0.15, 0.2) is 0 Å². The zero-order chi connectivity index (χ0) is 26.5. The number of rotatable bonds is 5. The lowest BCUT2D eigenvalue weighted by atomic mass is 10.0. The van der Waals surface area contributed by atoms with Crippen LogP contribution in [0.15, 0.2) is 42.6 Å². The van der Waals surface area contributed by atoms with Crippen LogP contribution in [-0.4, -0.2) is 41.1 Å². The van der Waals surface area contributed by atoms with Crippen molar-refractivity contribution < 1.29 is 27.5 Å². The summed E-state index contributed by atoms with van der Waals surface area (Å²) in [6, 6.07) is 9.43. The number of benzene rings is 2. The highest BCUT2D eigenvalue weighted by Crippen LogP contribution is 2.35. The van der Waals surface area contributed by atoms with Crippen molar-refractivity contribution in [3.05, 3.63) is 69.4 Å². The first-order valence-corrected chi connectivity index (χ1v) is 12.7. The predicted octanol–water partition coefficient (Wildman–Crippen LogP) is 6.04. The van der Waals surface area contributed by atoms with E-state index >= 15 is 0 Å². The quantitative estimate of drug-likeness (QED) is 0.376. The van der Waals surface area contributed by atoms with Crippen LogP contribution in [0.4, 0.5) is 23.7 Å². The third-order valence-corrected chi connectivity index (χ3v) is 7.27. The van der Waals surface area contributed by atoms with Crippen LogP contribution in [0.5, 0.6) is 0 Å². The van der Waals surface area contributed by atoms with E-state index in [0.717, 1.165) is 48.5 Å². The number of aromatic nitrogens is 1. The van der Waals surface area contributed by atoms with Crippen LogP contribution in [0.25, 0.3) is 10.6 Å². The summed E-state index contributed by atoms with van der Waals surface area (Å²) in [6.07, 6.45) is 1.77. The van der Waals surface area contributed by atoms with E-state index < -0.39 is 18.1 Å². The molecule has 2 saturated heterocycles. The van der Waals surface area contributed by atoms with E-state index in [1.807, 2.05) is 4.90 Å². The molecule has 2 aliphatic heterocycles. The first-order chi connectivity index (χ1) is 17.7. The summed E-state index contributed by atoms with van der Waals surface area (Å²) >= 11 is 6.52. The van der Waals surface area contributed by atoms with Crippen LogP contribution in [0.3, 0.4) is 0 Å². The Hall–Kier alpha value is -3.31. The summed E-state index contributed by atoms with van der Waals surface area (Å²) in [7, 11) is 0. The van der Waals surface area contributed by atoms with Gasteiger partial charge in [0.05, 0.1) is 16.5 Å². The Morgan fingerprint density at radius 2 is 2.03 bits per heavy atom. The van der Waals surface area contributed by atoms with Crippen molar-refractivity contribution >= 4 is 40.6 Å². The molecular weight excluding hydrogens is 529 g/mol. The molecule has 0 radical (unpaired) electrons. The number of hydrogen-bond acceptors (Lipinski definition) is 6. The van der Waals surface area contributed by atoms with Crippen LogP contribution >= 0.6 is 22.9 Å². The molecule has 1 atom stereocenters. The number of amides is 2. The minimum absolute atomic E-state index is 0.0724. The van der Waals surface area contributed by atoms with Crippen LogP contribution < -0.4 is 11.1 Å². The smallest absolute Gasteiger partial charge is 0.410 e. The molecule has 2 fully saturated rings. The van der Waals surface area contributed by atoms with Crippen molar-refractivity contribution in [2.24, 2.45) is 0 Å². The van der Waals surface area contributed by atoms with Crippen molar-refractivity contribution in [3.63, 3.8) is 0 Å². The molecule has 196 valence electrons. The number of hydrogen-bond donors (Lipinski definition) is 2. The lowest BCUT2D eigenvalue weighted by Crippen LogP contribution is -2.37. The monoisotopic (exact) mass is 552 g/mol. The number of piperidine rings is 1. The maximum atomic E-state index is 14.4. The fourth-order valence-corrected chi connectivity index (χ4v) is 4.94. The number of nitrogen functional groups attached to an aromatic ring is 1. The third-order valence-electron chi connectivity index (χ3n) is 5.98. The molecule has 12 heteroatoms. The Balaban J connectivity index is 0.000000265. The summed E-state index contributed by atoms with van der Waals surface area (Å²) in [4.78, 5) is 28.6. The molecule has 7 nitrogen and oxygen atoms in total. The average molecular weight is 553 g/mol.